The largest absolute Gasteiger partial charge is 0.490 e. The molecule has 0 spiro atoms. The Morgan fingerprint density at radius 3 is 2.93 bits per heavy atom. The van der Waals surface area contributed by atoms with E-state index in [-0.39, 0.29) is 0 Å². The molecule has 1 unspecified atom stereocenters. The lowest BCUT2D eigenvalue weighted by atomic mass is 10.1. The monoisotopic (exact) mass is 208 g/mol. The van der Waals surface area contributed by atoms with Crippen LogP contribution in [0.2, 0.25) is 0 Å². The van der Waals surface area contributed by atoms with Crippen LogP contribution >= 0.6 is 0 Å². The van der Waals surface area contributed by atoms with Crippen molar-refractivity contribution in [3.63, 3.8) is 0 Å². The smallest absolute Gasteiger partial charge is 0.120 e. The first kappa shape index (κ1) is 10.5. The summed E-state index contributed by atoms with van der Waals surface area (Å²) in [6, 6.07) is 7.57. The molecule has 0 heterocycles. The highest BCUT2D eigenvalue weighted by Gasteiger charge is 2.23. The Balaban J connectivity index is 2.03. The number of aliphatic hydroxyl groups is 1. The number of hydrogen-bond donors (Lipinski definition) is 1. The minimum Gasteiger partial charge on any atom is -0.490 e. The molecule has 1 aromatic carbocycles. The van der Waals surface area contributed by atoms with Gasteiger partial charge in [-0.1, -0.05) is 12.1 Å². The van der Waals surface area contributed by atoms with E-state index in [4.69, 9.17) is 9.47 Å². The maximum absolute atomic E-state index is 9.71. The fourth-order valence-corrected chi connectivity index (χ4v) is 1.43. The van der Waals surface area contributed by atoms with Crippen LogP contribution in [0.15, 0.2) is 24.3 Å². The van der Waals surface area contributed by atoms with Gasteiger partial charge in [-0.15, -0.1) is 0 Å². The van der Waals surface area contributed by atoms with Gasteiger partial charge in [0, 0.05) is 7.11 Å². The van der Waals surface area contributed by atoms with Gasteiger partial charge in [0.05, 0.1) is 12.7 Å². The van der Waals surface area contributed by atoms with Gasteiger partial charge < -0.3 is 14.6 Å². The minimum atomic E-state index is -0.572. The lowest BCUT2D eigenvalue weighted by Crippen LogP contribution is -2.05. The second-order valence-electron chi connectivity index (χ2n) is 3.86. The number of aliphatic hydroxyl groups excluding tert-OH is 1. The molecular weight excluding hydrogens is 192 g/mol. The Morgan fingerprint density at radius 1 is 1.47 bits per heavy atom. The van der Waals surface area contributed by atoms with Crippen molar-refractivity contribution < 1.29 is 14.6 Å². The van der Waals surface area contributed by atoms with E-state index in [0.29, 0.717) is 12.7 Å². The fourth-order valence-electron chi connectivity index (χ4n) is 1.43. The lowest BCUT2D eigenvalue weighted by Gasteiger charge is -2.11. The van der Waals surface area contributed by atoms with Crippen LogP contribution < -0.4 is 4.74 Å². The molecule has 3 nitrogen and oxygen atoms in total. The summed E-state index contributed by atoms with van der Waals surface area (Å²) in [5.41, 5.74) is 0.843. The van der Waals surface area contributed by atoms with Crippen molar-refractivity contribution in [1.82, 2.24) is 0 Å². The molecule has 1 fully saturated rings. The van der Waals surface area contributed by atoms with E-state index >= 15 is 0 Å². The van der Waals surface area contributed by atoms with E-state index in [0.717, 1.165) is 24.2 Å². The number of hydrogen-bond acceptors (Lipinski definition) is 3. The third kappa shape index (κ3) is 2.94. The van der Waals surface area contributed by atoms with Gasteiger partial charge in [0.25, 0.3) is 0 Å². The average Bonchev–Trinajstić information content (AvgIpc) is 3.03. The molecule has 1 saturated carbocycles. The summed E-state index contributed by atoms with van der Waals surface area (Å²) in [5, 5.41) is 9.71. The van der Waals surface area contributed by atoms with Gasteiger partial charge >= 0.3 is 0 Å². The Kier molecular flexibility index (Phi) is 3.23. The van der Waals surface area contributed by atoms with Gasteiger partial charge in [-0.25, -0.2) is 0 Å². The van der Waals surface area contributed by atoms with Crippen molar-refractivity contribution in [2.45, 2.75) is 25.0 Å². The molecule has 1 aliphatic carbocycles. The first-order valence-electron chi connectivity index (χ1n) is 5.23. The molecule has 2 rings (SSSR count). The summed E-state index contributed by atoms with van der Waals surface area (Å²) in [5.74, 6) is 0.838. The van der Waals surface area contributed by atoms with Crippen LogP contribution in [0.1, 0.15) is 24.5 Å². The number of rotatable bonds is 5. The molecule has 1 aromatic rings. The van der Waals surface area contributed by atoms with Gasteiger partial charge in [0.2, 0.25) is 0 Å². The normalized spacial score (nSPS) is 17.5. The SMILES string of the molecule is COCC(O)c1cccc(OC2CC2)c1. The Morgan fingerprint density at radius 2 is 2.27 bits per heavy atom. The molecule has 0 aliphatic heterocycles. The first-order chi connectivity index (χ1) is 7.29. The second-order valence-corrected chi connectivity index (χ2v) is 3.86. The predicted octanol–water partition coefficient (Wildman–Crippen LogP) is 1.91. The van der Waals surface area contributed by atoms with Crippen LogP contribution in [0.3, 0.4) is 0 Å². The quantitative estimate of drug-likeness (QED) is 0.803. The molecule has 1 atom stereocenters. The molecule has 1 aliphatic rings. The number of benzene rings is 1. The summed E-state index contributed by atoms with van der Waals surface area (Å²) >= 11 is 0. The van der Waals surface area contributed by atoms with Gasteiger partial charge in [0.15, 0.2) is 0 Å². The van der Waals surface area contributed by atoms with E-state index < -0.39 is 6.10 Å². The third-order valence-electron chi connectivity index (χ3n) is 2.39. The number of ether oxygens (including phenoxy) is 2. The molecule has 3 heteroatoms. The van der Waals surface area contributed by atoms with Crippen LogP contribution in [-0.2, 0) is 4.74 Å². The van der Waals surface area contributed by atoms with E-state index in [1.807, 2.05) is 24.3 Å². The Labute approximate surface area is 89.6 Å². The van der Waals surface area contributed by atoms with Crippen LogP contribution in [0.4, 0.5) is 0 Å². The van der Waals surface area contributed by atoms with Crippen LogP contribution in [0.25, 0.3) is 0 Å². The highest BCUT2D eigenvalue weighted by Crippen LogP contribution is 2.28. The molecule has 0 aromatic heterocycles. The van der Waals surface area contributed by atoms with E-state index in [9.17, 15) is 5.11 Å². The summed E-state index contributed by atoms with van der Waals surface area (Å²) in [7, 11) is 1.58. The predicted molar refractivity (Wildman–Crippen MR) is 56.9 cm³/mol. The molecule has 1 N–H and O–H groups in total. The van der Waals surface area contributed by atoms with Gasteiger partial charge in [-0.05, 0) is 30.5 Å². The summed E-state index contributed by atoms with van der Waals surface area (Å²) in [4.78, 5) is 0. The van der Waals surface area contributed by atoms with Crippen molar-refractivity contribution in [3.05, 3.63) is 29.8 Å². The van der Waals surface area contributed by atoms with E-state index in [1.54, 1.807) is 7.11 Å². The summed E-state index contributed by atoms with van der Waals surface area (Å²) < 4.78 is 10.5. The van der Waals surface area contributed by atoms with Gasteiger partial charge in [0.1, 0.15) is 11.9 Å². The average molecular weight is 208 g/mol. The summed E-state index contributed by atoms with van der Waals surface area (Å²) in [6.45, 7) is 0.312. The van der Waals surface area contributed by atoms with Crippen LogP contribution in [-0.4, -0.2) is 24.9 Å². The Bertz CT molecular complexity index is 320. The van der Waals surface area contributed by atoms with E-state index in [2.05, 4.69) is 0 Å². The zero-order valence-electron chi connectivity index (χ0n) is 8.85. The van der Waals surface area contributed by atoms with Crippen molar-refractivity contribution >= 4 is 0 Å². The van der Waals surface area contributed by atoms with Crippen molar-refractivity contribution in [2.75, 3.05) is 13.7 Å². The van der Waals surface area contributed by atoms with Crippen molar-refractivity contribution in [2.24, 2.45) is 0 Å². The second kappa shape index (κ2) is 4.64. The first-order valence-corrected chi connectivity index (χ1v) is 5.23. The van der Waals surface area contributed by atoms with E-state index in [1.165, 1.54) is 0 Å². The maximum Gasteiger partial charge on any atom is 0.120 e. The van der Waals surface area contributed by atoms with Crippen LogP contribution in [0.5, 0.6) is 5.75 Å². The molecular formula is C12H16O3. The molecule has 0 radical (unpaired) electrons. The standard InChI is InChI=1S/C12H16O3/c1-14-8-12(13)9-3-2-4-11(7-9)15-10-5-6-10/h2-4,7,10,12-13H,5-6,8H2,1H3. The zero-order chi connectivity index (χ0) is 10.7. The minimum absolute atomic E-state index is 0.312. The molecule has 15 heavy (non-hydrogen) atoms. The maximum atomic E-state index is 9.71. The van der Waals surface area contributed by atoms with Crippen molar-refractivity contribution in [3.8, 4) is 5.75 Å². The fraction of sp³-hybridized carbons (Fsp3) is 0.500. The van der Waals surface area contributed by atoms with Gasteiger partial charge in [-0.2, -0.15) is 0 Å². The van der Waals surface area contributed by atoms with Crippen molar-refractivity contribution in [1.29, 1.82) is 0 Å². The molecule has 0 amide bonds. The lowest BCUT2D eigenvalue weighted by molar-refractivity contribution is 0.0642. The number of methoxy groups -OCH3 is 1. The molecule has 0 saturated heterocycles. The highest BCUT2D eigenvalue weighted by molar-refractivity contribution is 5.30. The topological polar surface area (TPSA) is 38.7 Å². The zero-order valence-corrected chi connectivity index (χ0v) is 8.85. The van der Waals surface area contributed by atoms with Gasteiger partial charge in [-0.3, -0.25) is 0 Å². The van der Waals surface area contributed by atoms with Crippen LogP contribution in [0, 0.1) is 0 Å². The molecule has 0 bridgehead atoms. The molecule has 82 valence electrons. The summed E-state index contributed by atoms with van der Waals surface area (Å²) in [6.07, 6.45) is 2.10. The third-order valence-corrected chi connectivity index (χ3v) is 2.39. The Hall–Kier alpha value is -1.06. The highest BCUT2D eigenvalue weighted by atomic mass is 16.5.